The molecule has 0 amide bonds. The van der Waals surface area contributed by atoms with E-state index in [0.29, 0.717) is 29.2 Å². The maximum atomic E-state index is 15.1. The Morgan fingerprint density at radius 1 is 1.25 bits per heavy atom. The third kappa shape index (κ3) is 3.53. The second kappa shape index (κ2) is 7.73. The van der Waals surface area contributed by atoms with Gasteiger partial charge in [-0.2, -0.15) is 5.26 Å². The van der Waals surface area contributed by atoms with Crippen molar-refractivity contribution in [2.24, 2.45) is 0 Å². The summed E-state index contributed by atoms with van der Waals surface area (Å²) in [6, 6.07) is 11.4. The van der Waals surface area contributed by atoms with Crippen molar-refractivity contribution in [2.45, 2.75) is 45.1 Å². The van der Waals surface area contributed by atoms with Crippen molar-refractivity contribution >= 4 is 5.78 Å². The summed E-state index contributed by atoms with van der Waals surface area (Å²) in [5, 5.41) is 8.93. The van der Waals surface area contributed by atoms with Crippen LogP contribution in [0.25, 0.3) is 0 Å². The minimum atomic E-state index is -0.442. The van der Waals surface area contributed by atoms with Crippen molar-refractivity contribution in [3.05, 3.63) is 64.0 Å². The molecule has 2 aliphatic rings. The highest BCUT2D eigenvalue weighted by Crippen LogP contribution is 2.33. The van der Waals surface area contributed by atoms with Gasteiger partial charge in [-0.1, -0.05) is 25.0 Å². The summed E-state index contributed by atoms with van der Waals surface area (Å²) in [7, 11) is 0. The third-order valence-electron chi connectivity index (χ3n) is 5.91. The third-order valence-corrected chi connectivity index (χ3v) is 5.91. The molecule has 1 fully saturated rings. The molecule has 0 radical (unpaired) electrons. The van der Waals surface area contributed by atoms with Crippen molar-refractivity contribution in [1.82, 2.24) is 4.90 Å². The monoisotopic (exact) mass is 378 g/mol. The van der Waals surface area contributed by atoms with E-state index in [2.05, 4.69) is 6.07 Å². The van der Waals surface area contributed by atoms with Crippen LogP contribution in [0, 0.1) is 24.1 Å². The highest BCUT2D eigenvalue weighted by Gasteiger charge is 2.31. The van der Waals surface area contributed by atoms with Gasteiger partial charge in [0, 0.05) is 6.04 Å². The average Bonchev–Trinajstić information content (AvgIpc) is 3.19. The van der Waals surface area contributed by atoms with E-state index < -0.39 is 5.82 Å². The molecule has 0 bridgehead atoms. The first kappa shape index (κ1) is 18.6. The van der Waals surface area contributed by atoms with Gasteiger partial charge < -0.3 is 4.74 Å². The summed E-state index contributed by atoms with van der Waals surface area (Å²) in [6.07, 6.45) is 4.98. The van der Waals surface area contributed by atoms with Crippen molar-refractivity contribution in [1.29, 1.82) is 5.26 Å². The van der Waals surface area contributed by atoms with Crippen LogP contribution in [-0.2, 0) is 6.42 Å². The van der Waals surface area contributed by atoms with Crippen LogP contribution in [-0.4, -0.2) is 30.0 Å². The van der Waals surface area contributed by atoms with Crippen LogP contribution in [0.15, 0.2) is 30.3 Å². The van der Waals surface area contributed by atoms with Gasteiger partial charge in [0.15, 0.2) is 17.3 Å². The van der Waals surface area contributed by atoms with E-state index in [0.717, 1.165) is 24.0 Å². The molecule has 5 heteroatoms. The van der Waals surface area contributed by atoms with E-state index in [-0.39, 0.29) is 24.8 Å². The number of ketones is 1. The van der Waals surface area contributed by atoms with Crippen LogP contribution >= 0.6 is 0 Å². The first-order valence-corrected chi connectivity index (χ1v) is 9.78. The number of carbonyl (C=O) groups is 1. The molecule has 2 aromatic carbocycles. The molecule has 0 N–H and O–H groups in total. The number of rotatable bonds is 3. The molecule has 4 nitrogen and oxygen atoms in total. The lowest BCUT2D eigenvalue weighted by Crippen LogP contribution is -2.38. The molecule has 1 aliphatic heterocycles. The molecule has 0 saturated heterocycles. The zero-order valence-corrected chi connectivity index (χ0v) is 16.0. The number of nitriles is 1. The molecule has 1 heterocycles. The van der Waals surface area contributed by atoms with Crippen LogP contribution in [0.1, 0.15) is 58.3 Å². The SMILES string of the molecule is Cc1c(Cc2ccc(C#N)cc2)cc2c(c1F)OCN(C1CCCC1)CC2=O. The maximum absolute atomic E-state index is 15.1. The Hall–Kier alpha value is -2.71. The van der Waals surface area contributed by atoms with Gasteiger partial charge in [0.25, 0.3) is 0 Å². The molecule has 144 valence electrons. The number of fused-ring (bicyclic) bond motifs is 1. The molecule has 1 saturated carbocycles. The first-order valence-electron chi connectivity index (χ1n) is 9.78. The molecule has 0 aromatic heterocycles. The van der Waals surface area contributed by atoms with Gasteiger partial charge in [-0.15, -0.1) is 0 Å². The second-order valence-electron chi connectivity index (χ2n) is 7.72. The summed E-state index contributed by atoms with van der Waals surface area (Å²) in [5.41, 5.74) is 3.17. The number of nitrogens with zero attached hydrogens (tertiary/aromatic N) is 2. The maximum Gasteiger partial charge on any atom is 0.180 e. The molecular weight excluding hydrogens is 355 g/mol. The van der Waals surface area contributed by atoms with Crippen LogP contribution in [0.4, 0.5) is 4.39 Å². The van der Waals surface area contributed by atoms with Gasteiger partial charge in [-0.3, -0.25) is 9.69 Å². The van der Waals surface area contributed by atoms with Gasteiger partial charge in [-0.25, -0.2) is 4.39 Å². The normalized spacial score (nSPS) is 17.7. The lowest BCUT2D eigenvalue weighted by atomic mass is 9.95. The quantitative estimate of drug-likeness (QED) is 0.796. The fourth-order valence-electron chi connectivity index (χ4n) is 4.19. The Labute approximate surface area is 164 Å². The van der Waals surface area contributed by atoms with Gasteiger partial charge >= 0.3 is 0 Å². The number of hydrogen-bond acceptors (Lipinski definition) is 4. The predicted molar refractivity (Wildman–Crippen MR) is 104 cm³/mol. The van der Waals surface area contributed by atoms with Crippen LogP contribution < -0.4 is 4.74 Å². The Morgan fingerprint density at radius 2 is 1.96 bits per heavy atom. The van der Waals surface area contributed by atoms with Crippen LogP contribution in [0.2, 0.25) is 0 Å². The summed E-state index contributed by atoms with van der Waals surface area (Å²) in [5.74, 6) is -0.436. The highest BCUT2D eigenvalue weighted by molar-refractivity contribution is 6.00. The number of halogens is 1. The standard InChI is InChI=1S/C23H23FN2O2/c1-15-18(10-16-6-8-17(12-25)9-7-16)11-20-21(27)13-26(19-4-2-3-5-19)14-28-23(20)22(15)24/h6-9,11,19H,2-5,10,13-14H2,1H3. The summed E-state index contributed by atoms with van der Waals surface area (Å²) < 4.78 is 20.9. The van der Waals surface area contributed by atoms with Gasteiger partial charge in [-0.05, 0) is 61.1 Å². The van der Waals surface area contributed by atoms with Crippen LogP contribution in [0.3, 0.4) is 0 Å². The fraction of sp³-hybridized carbons (Fsp3) is 0.391. The molecule has 2 aromatic rings. The summed E-state index contributed by atoms with van der Waals surface area (Å²) in [6.45, 7) is 2.26. The number of carbonyl (C=O) groups excluding carboxylic acids is 1. The minimum absolute atomic E-state index is 0.0839. The van der Waals surface area contributed by atoms with E-state index in [1.54, 1.807) is 25.1 Å². The Bertz CT molecular complexity index is 941. The second-order valence-corrected chi connectivity index (χ2v) is 7.72. The lowest BCUT2D eigenvalue weighted by Gasteiger charge is -2.25. The topological polar surface area (TPSA) is 53.3 Å². The first-order chi connectivity index (χ1) is 13.6. The predicted octanol–water partition coefficient (Wildman–Crippen LogP) is 4.37. The van der Waals surface area contributed by atoms with E-state index >= 15 is 4.39 Å². The molecular formula is C23H23FN2O2. The van der Waals surface area contributed by atoms with Crippen molar-refractivity contribution in [2.75, 3.05) is 13.3 Å². The molecule has 0 unspecified atom stereocenters. The summed E-state index contributed by atoms with van der Waals surface area (Å²) in [4.78, 5) is 14.9. The minimum Gasteiger partial charge on any atom is -0.474 e. The highest BCUT2D eigenvalue weighted by atomic mass is 19.1. The van der Waals surface area contributed by atoms with Crippen molar-refractivity contribution in [3.8, 4) is 11.8 Å². The van der Waals surface area contributed by atoms with Crippen molar-refractivity contribution < 1.29 is 13.9 Å². The Kier molecular flexibility index (Phi) is 5.15. The smallest absolute Gasteiger partial charge is 0.180 e. The average molecular weight is 378 g/mol. The van der Waals surface area contributed by atoms with E-state index in [4.69, 9.17) is 10.00 Å². The van der Waals surface area contributed by atoms with E-state index in [1.807, 2.05) is 17.0 Å². The van der Waals surface area contributed by atoms with Crippen LogP contribution in [0.5, 0.6) is 5.75 Å². The fourth-order valence-corrected chi connectivity index (χ4v) is 4.19. The van der Waals surface area contributed by atoms with E-state index in [9.17, 15) is 4.79 Å². The summed E-state index contributed by atoms with van der Waals surface area (Å²) >= 11 is 0. The van der Waals surface area contributed by atoms with Gasteiger partial charge in [0.1, 0.15) is 6.73 Å². The molecule has 4 rings (SSSR count). The van der Waals surface area contributed by atoms with E-state index in [1.165, 1.54) is 12.8 Å². The number of Topliss-reactive ketones (excluding diaryl/α,β-unsaturated/α-hetero) is 1. The largest absolute Gasteiger partial charge is 0.474 e. The number of hydrogen-bond donors (Lipinski definition) is 0. The Balaban J connectivity index is 1.63. The molecule has 0 atom stereocenters. The van der Waals surface area contributed by atoms with Gasteiger partial charge in [0.2, 0.25) is 0 Å². The van der Waals surface area contributed by atoms with Crippen molar-refractivity contribution in [3.63, 3.8) is 0 Å². The van der Waals surface area contributed by atoms with Gasteiger partial charge in [0.05, 0.1) is 23.7 Å². The molecule has 28 heavy (non-hydrogen) atoms. The molecule has 1 aliphatic carbocycles. The zero-order valence-electron chi connectivity index (χ0n) is 16.0. The number of ether oxygens (including phenoxy) is 1. The number of benzene rings is 2. The zero-order chi connectivity index (χ0) is 19.7. The molecule has 0 spiro atoms. The Morgan fingerprint density at radius 3 is 2.64 bits per heavy atom. The lowest BCUT2D eigenvalue weighted by molar-refractivity contribution is 0.0741.